The van der Waals surface area contributed by atoms with E-state index < -0.39 is 39.1 Å². The molecular formula is C20H25FN4O5S. The number of halogens is 1. The number of sulfone groups is 1. The van der Waals surface area contributed by atoms with Crippen LogP contribution in [0.15, 0.2) is 35.4 Å². The molecule has 1 aliphatic heterocycles. The van der Waals surface area contributed by atoms with Crippen LogP contribution in [0, 0.1) is 5.82 Å². The van der Waals surface area contributed by atoms with Gasteiger partial charge in [-0.05, 0) is 45.4 Å². The number of aliphatic hydroxyl groups is 1. The largest absolute Gasteiger partial charge is 0.447 e. The van der Waals surface area contributed by atoms with Crippen molar-refractivity contribution in [3.8, 4) is 0 Å². The number of ether oxygens (including phenoxy) is 1. The van der Waals surface area contributed by atoms with Crippen LogP contribution >= 0.6 is 0 Å². The molecule has 11 heteroatoms. The standard InChI is InChI=1S/C20H25FN4O5S/c1-11(2)31(28,29)15-7-5-14(6-8-15)12(3)23-19-22-9-16(21)18(24-19)25-17(13(4)26)10-30-20(25)27/h5-9,11-13,17,26H,10H2,1-4H3,(H,22,23,24)/t12-,13+,17?/m0/s1. The third-order valence-electron chi connectivity index (χ3n) is 5.09. The predicted octanol–water partition coefficient (Wildman–Crippen LogP) is 2.68. The summed E-state index contributed by atoms with van der Waals surface area (Å²) in [6.45, 7) is 6.44. The Morgan fingerprint density at radius 1 is 1.23 bits per heavy atom. The van der Waals surface area contributed by atoms with Gasteiger partial charge in [-0.2, -0.15) is 4.98 Å². The maximum absolute atomic E-state index is 14.4. The second-order valence-corrected chi connectivity index (χ2v) is 10.2. The summed E-state index contributed by atoms with van der Waals surface area (Å²) >= 11 is 0. The number of benzene rings is 1. The summed E-state index contributed by atoms with van der Waals surface area (Å²) in [6, 6.07) is 5.32. The number of cyclic esters (lactones) is 1. The molecule has 3 atom stereocenters. The third kappa shape index (κ3) is 4.62. The smallest absolute Gasteiger partial charge is 0.416 e. The molecule has 2 N–H and O–H groups in total. The highest BCUT2D eigenvalue weighted by molar-refractivity contribution is 7.92. The van der Waals surface area contributed by atoms with E-state index in [-0.39, 0.29) is 29.3 Å². The summed E-state index contributed by atoms with van der Waals surface area (Å²) in [5.74, 6) is -1.06. The Morgan fingerprint density at radius 2 is 1.87 bits per heavy atom. The summed E-state index contributed by atoms with van der Waals surface area (Å²) < 4.78 is 43.8. The van der Waals surface area contributed by atoms with E-state index in [2.05, 4.69) is 15.3 Å². The van der Waals surface area contributed by atoms with Crippen LogP contribution in [0.3, 0.4) is 0 Å². The van der Waals surface area contributed by atoms with Crippen molar-refractivity contribution in [2.45, 2.75) is 56.0 Å². The monoisotopic (exact) mass is 452 g/mol. The Balaban J connectivity index is 1.82. The van der Waals surface area contributed by atoms with Crippen molar-refractivity contribution in [3.05, 3.63) is 41.8 Å². The molecule has 1 aromatic heterocycles. The molecule has 0 saturated carbocycles. The zero-order chi connectivity index (χ0) is 22.9. The van der Waals surface area contributed by atoms with Crippen molar-refractivity contribution < 1.29 is 27.4 Å². The predicted molar refractivity (Wildman–Crippen MR) is 112 cm³/mol. The third-order valence-corrected chi connectivity index (χ3v) is 7.26. The molecule has 0 bridgehead atoms. The van der Waals surface area contributed by atoms with Crippen LogP contribution in [0.2, 0.25) is 0 Å². The van der Waals surface area contributed by atoms with Gasteiger partial charge in [-0.1, -0.05) is 12.1 Å². The van der Waals surface area contributed by atoms with Crippen LogP contribution in [-0.4, -0.2) is 53.6 Å². The number of carbonyl (C=O) groups excluding carboxylic acids is 1. The molecule has 1 unspecified atom stereocenters. The molecule has 1 saturated heterocycles. The number of rotatable bonds is 7. The Bertz CT molecular complexity index is 1060. The number of amides is 1. The van der Waals surface area contributed by atoms with E-state index in [4.69, 9.17) is 4.74 Å². The van der Waals surface area contributed by atoms with E-state index >= 15 is 0 Å². The van der Waals surface area contributed by atoms with Gasteiger partial charge in [0.25, 0.3) is 0 Å². The normalized spacial score (nSPS) is 18.7. The molecule has 0 radical (unpaired) electrons. The maximum atomic E-state index is 14.4. The lowest BCUT2D eigenvalue weighted by Crippen LogP contribution is -2.42. The van der Waals surface area contributed by atoms with E-state index in [0.717, 1.165) is 16.7 Å². The lowest BCUT2D eigenvalue weighted by Gasteiger charge is -2.23. The summed E-state index contributed by atoms with van der Waals surface area (Å²) in [5, 5.41) is 12.4. The van der Waals surface area contributed by atoms with Crippen molar-refractivity contribution in [1.82, 2.24) is 9.97 Å². The maximum Gasteiger partial charge on any atom is 0.416 e. The van der Waals surface area contributed by atoms with Crippen LogP contribution < -0.4 is 10.2 Å². The number of carbonyl (C=O) groups is 1. The molecule has 1 amide bonds. The number of nitrogens with one attached hydrogen (secondary N) is 1. The minimum absolute atomic E-state index is 0.0619. The number of aromatic nitrogens is 2. The van der Waals surface area contributed by atoms with Gasteiger partial charge in [-0.3, -0.25) is 0 Å². The average Bonchev–Trinajstić information content (AvgIpc) is 3.11. The molecular weight excluding hydrogens is 427 g/mol. The van der Waals surface area contributed by atoms with Crippen LogP contribution in [-0.2, 0) is 14.6 Å². The van der Waals surface area contributed by atoms with Gasteiger partial charge in [0, 0.05) is 0 Å². The van der Waals surface area contributed by atoms with Crippen molar-refractivity contribution in [2.24, 2.45) is 0 Å². The topological polar surface area (TPSA) is 122 Å². The SMILES string of the molecule is CC(C)S(=O)(=O)c1ccc([C@H](C)Nc2ncc(F)c(N3C(=O)OCC3[C@@H](C)O)n2)cc1. The highest BCUT2D eigenvalue weighted by Crippen LogP contribution is 2.27. The Morgan fingerprint density at radius 3 is 2.45 bits per heavy atom. The molecule has 2 aromatic rings. The summed E-state index contributed by atoms with van der Waals surface area (Å²) in [7, 11) is -3.37. The Labute approximate surface area is 180 Å². The second-order valence-electron chi connectivity index (χ2n) is 7.65. The van der Waals surface area contributed by atoms with E-state index in [1.807, 2.05) is 0 Å². The molecule has 9 nitrogen and oxygen atoms in total. The van der Waals surface area contributed by atoms with Gasteiger partial charge in [0.1, 0.15) is 12.6 Å². The number of anilines is 2. The first-order chi connectivity index (χ1) is 14.5. The average molecular weight is 453 g/mol. The van der Waals surface area contributed by atoms with Gasteiger partial charge < -0.3 is 15.2 Å². The quantitative estimate of drug-likeness (QED) is 0.658. The molecule has 0 spiro atoms. The molecule has 1 aromatic carbocycles. The van der Waals surface area contributed by atoms with E-state index in [0.29, 0.717) is 0 Å². The fourth-order valence-electron chi connectivity index (χ4n) is 3.13. The first-order valence-corrected chi connectivity index (χ1v) is 11.3. The lowest BCUT2D eigenvalue weighted by molar-refractivity contribution is 0.142. The minimum Gasteiger partial charge on any atom is -0.447 e. The molecule has 2 heterocycles. The van der Waals surface area contributed by atoms with Gasteiger partial charge in [0.05, 0.1) is 28.5 Å². The second kappa shape index (κ2) is 8.75. The van der Waals surface area contributed by atoms with E-state index in [9.17, 15) is 22.7 Å². The van der Waals surface area contributed by atoms with Crippen molar-refractivity contribution in [3.63, 3.8) is 0 Å². The number of hydrogen-bond acceptors (Lipinski definition) is 8. The fourth-order valence-corrected chi connectivity index (χ4v) is 4.19. The highest BCUT2D eigenvalue weighted by Gasteiger charge is 2.39. The van der Waals surface area contributed by atoms with Crippen molar-refractivity contribution in [1.29, 1.82) is 0 Å². The number of hydrogen-bond donors (Lipinski definition) is 2. The molecule has 1 fully saturated rings. The highest BCUT2D eigenvalue weighted by atomic mass is 32.2. The van der Waals surface area contributed by atoms with Gasteiger partial charge >= 0.3 is 6.09 Å². The number of aliphatic hydroxyl groups excluding tert-OH is 1. The van der Waals surface area contributed by atoms with Gasteiger partial charge in [0.15, 0.2) is 21.5 Å². The molecule has 0 aliphatic carbocycles. The van der Waals surface area contributed by atoms with Crippen LogP contribution in [0.25, 0.3) is 0 Å². The fraction of sp³-hybridized carbons (Fsp3) is 0.450. The molecule has 3 rings (SSSR count). The van der Waals surface area contributed by atoms with Gasteiger partial charge in [-0.25, -0.2) is 27.5 Å². The van der Waals surface area contributed by atoms with Gasteiger partial charge in [0.2, 0.25) is 5.95 Å². The first-order valence-electron chi connectivity index (χ1n) is 9.79. The molecule has 31 heavy (non-hydrogen) atoms. The van der Waals surface area contributed by atoms with Crippen molar-refractivity contribution >= 4 is 27.7 Å². The molecule has 168 valence electrons. The van der Waals surface area contributed by atoms with Crippen LogP contribution in [0.5, 0.6) is 0 Å². The molecule has 1 aliphatic rings. The number of nitrogens with zero attached hydrogens (tertiary/aromatic N) is 3. The summed E-state index contributed by atoms with van der Waals surface area (Å²) in [6.07, 6.45) is -0.818. The zero-order valence-corrected chi connectivity index (χ0v) is 18.4. The van der Waals surface area contributed by atoms with E-state index in [1.165, 1.54) is 19.1 Å². The first kappa shape index (κ1) is 22.9. The van der Waals surface area contributed by atoms with E-state index in [1.54, 1.807) is 32.9 Å². The summed E-state index contributed by atoms with van der Waals surface area (Å²) in [5.41, 5.74) is 0.764. The lowest BCUT2D eigenvalue weighted by atomic mass is 10.1. The minimum atomic E-state index is -3.37. The Hall–Kier alpha value is -2.79. The summed E-state index contributed by atoms with van der Waals surface area (Å²) in [4.78, 5) is 21.3. The Kier molecular flexibility index (Phi) is 6.46. The van der Waals surface area contributed by atoms with Crippen LogP contribution in [0.4, 0.5) is 21.0 Å². The van der Waals surface area contributed by atoms with Gasteiger partial charge in [-0.15, -0.1) is 0 Å². The van der Waals surface area contributed by atoms with Crippen LogP contribution in [0.1, 0.15) is 39.3 Å². The zero-order valence-electron chi connectivity index (χ0n) is 17.6. The van der Waals surface area contributed by atoms with Crippen molar-refractivity contribution in [2.75, 3.05) is 16.8 Å².